The number of hydrogen-bond donors (Lipinski definition) is 2. The lowest BCUT2D eigenvalue weighted by Gasteiger charge is -2.16. The highest BCUT2D eigenvalue weighted by molar-refractivity contribution is 5.93. The molecule has 1 amide bonds. The third-order valence-corrected chi connectivity index (χ3v) is 4.00. The van der Waals surface area contributed by atoms with Crippen LogP contribution in [0.4, 0.5) is 5.69 Å². The van der Waals surface area contributed by atoms with Crippen molar-refractivity contribution in [2.45, 2.75) is 32.7 Å². The Kier molecular flexibility index (Phi) is 3.40. The largest absolute Gasteiger partial charge is 0.396 e. The van der Waals surface area contributed by atoms with Gasteiger partial charge < -0.3 is 10.6 Å². The fourth-order valence-electron chi connectivity index (χ4n) is 2.93. The van der Waals surface area contributed by atoms with Crippen LogP contribution in [0.2, 0.25) is 0 Å². The van der Waals surface area contributed by atoms with E-state index in [2.05, 4.69) is 15.3 Å². The van der Waals surface area contributed by atoms with Crippen LogP contribution in [0.15, 0.2) is 12.3 Å². The van der Waals surface area contributed by atoms with Gasteiger partial charge in [-0.05, 0) is 26.3 Å². The molecule has 3 rings (SSSR count). The summed E-state index contributed by atoms with van der Waals surface area (Å²) in [4.78, 5) is 14.5. The summed E-state index contributed by atoms with van der Waals surface area (Å²) in [7, 11) is 0. The fourth-order valence-corrected chi connectivity index (χ4v) is 2.93. The Balaban J connectivity index is 1.77. The zero-order chi connectivity index (χ0) is 15.0. The van der Waals surface area contributed by atoms with E-state index in [0.717, 1.165) is 24.4 Å². The number of carbonyl (C=O) groups excluding carboxylic acids is 1. The van der Waals surface area contributed by atoms with E-state index in [9.17, 15) is 4.79 Å². The van der Waals surface area contributed by atoms with Crippen LogP contribution < -0.4 is 5.73 Å². The number of anilines is 1. The lowest BCUT2D eigenvalue weighted by Crippen LogP contribution is -2.30. The summed E-state index contributed by atoms with van der Waals surface area (Å²) < 4.78 is 1.76. The minimum Gasteiger partial charge on any atom is -0.396 e. The van der Waals surface area contributed by atoms with E-state index in [0.29, 0.717) is 24.5 Å². The molecule has 1 saturated heterocycles. The Morgan fingerprint density at radius 3 is 3.05 bits per heavy atom. The molecule has 3 N–H and O–H groups in total. The second-order valence-electron chi connectivity index (χ2n) is 5.46. The van der Waals surface area contributed by atoms with Gasteiger partial charge in [-0.2, -0.15) is 10.2 Å². The van der Waals surface area contributed by atoms with Crippen molar-refractivity contribution < 1.29 is 4.79 Å². The zero-order valence-corrected chi connectivity index (χ0v) is 12.3. The molecule has 1 atom stereocenters. The second kappa shape index (κ2) is 5.23. The molecule has 2 aromatic heterocycles. The van der Waals surface area contributed by atoms with Gasteiger partial charge in [0.2, 0.25) is 0 Å². The van der Waals surface area contributed by atoms with Gasteiger partial charge in [0.25, 0.3) is 5.91 Å². The molecule has 21 heavy (non-hydrogen) atoms. The lowest BCUT2D eigenvalue weighted by atomic mass is 10.0. The monoisotopic (exact) mass is 288 g/mol. The molecule has 1 aliphatic heterocycles. The molecular weight excluding hydrogens is 268 g/mol. The van der Waals surface area contributed by atoms with Gasteiger partial charge in [0.15, 0.2) is 0 Å². The minimum atomic E-state index is 0.0398. The number of H-pyrrole nitrogens is 1. The van der Waals surface area contributed by atoms with Gasteiger partial charge in [-0.1, -0.05) is 0 Å². The number of nitrogens with one attached hydrogen (secondary N) is 1. The number of hydrogen-bond acceptors (Lipinski definition) is 4. The second-order valence-corrected chi connectivity index (χ2v) is 5.46. The average Bonchev–Trinajstić information content (AvgIpc) is 3.16. The van der Waals surface area contributed by atoms with Gasteiger partial charge in [-0.3, -0.25) is 14.6 Å². The molecule has 7 heteroatoms. The molecule has 0 aromatic carbocycles. The van der Waals surface area contributed by atoms with Gasteiger partial charge >= 0.3 is 0 Å². The van der Waals surface area contributed by atoms with E-state index in [1.165, 1.54) is 0 Å². The van der Waals surface area contributed by atoms with Crippen LogP contribution >= 0.6 is 0 Å². The first kappa shape index (κ1) is 13.7. The first-order chi connectivity index (χ1) is 10.1. The number of aryl methyl sites for hydroxylation is 2. The van der Waals surface area contributed by atoms with Crippen molar-refractivity contribution in [3.05, 3.63) is 29.3 Å². The molecule has 0 spiro atoms. The van der Waals surface area contributed by atoms with E-state index in [4.69, 9.17) is 5.73 Å². The molecular formula is C14H20N6O. The summed E-state index contributed by atoms with van der Waals surface area (Å²) in [5.74, 6) is 0.272. The van der Waals surface area contributed by atoms with E-state index < -0.39 is 0 Å². The highest BCUT2D eigenvalue weighted by atomic mass is 16.2. The van der Waals surface area contributed by atoms with Crippen molar-refractivity contribution in [1.29, 1.82) is 0 Å². The van der Waals surface area contributed by atoms with E-state index in [-0.39, 0.29) is 11.8 Å². The molecule has 0 radical (unpaired) electrons. The van der Waals surface area contributed by atoms with Gasteiger partial charge in [0.05, 0.1) is 23.3 Å². The normalized spacial score (nSPS) is 18.4. The molecule has 0 saturated carbocycles. The first-order valence-corrected chi connectivity index (χ1v) is 7.22. The molecule has 0 aliphatic carbocycles. The molecule has 2 aromatic rings. The van der Waals surface area contributed by atoms with Crippen LogP contribution in [0.3, 0.4) is 0 Å². The number of nitrogens with zero attached hydrogens (tertiary/aromatic N) is 4. The Labute approximate surface area is 123 Å². The predicted molar refractivity (Wildman–Crippen MR) is 78.9 cm³/mol. The molecule has 0 bridgehead atoms. The molecule has 7 nitrogen and oxygen atoms in total. The van der Waals surface area contributed by atoms with Crippen LogP contribution in [0.5, 0.6) is 0 Å². The Morgan fingerprint density at radius 1 is 1.57 bits per heavy atom. The third-order valence-electron chi connectivity index (χ3n) is 4.00. The molecule has 3 heterocycles. The summed E-state index contributed by atoms with van der Waals surface area (Å²) in [5, 5.41) is 11.2. The summed E-state index contributed by atoms with van der Waals surface area (Å²) in [6, 6.07) is 1.85. The number of aromatic amines is 1. The van der Waals surface area contributed by atoms with Crippen LogP contribution in [0.1, 0.15) is 41.1 Å². The molecule has 1 aliphatic rings. The third kappa shape index (κ3) is 2.39. The van der Waals surface area contributed by atoms with Crippen molar-refractivity contribution in [3.63, 3.8) is 0 Å². The first-order valence-electron chi connectivity index (χ1n) is 7.22. The topological polar surface area (TPSA) is 92.8 Å². The average molecular weight is 288 g/mol. The van der Waals surface area contributed by atoms with E-state index in [1.54, 1.807) is 10.9 Å². The minimum absolute atomic E-state index is 0.0398. The fraction of sp³-hybridized carbons (Fsp3) is 0.500. The Bertz CT molecular complexity index is 658. The smallest absolute Gasteiger partial charge is 0.272 e. The highest BCUT2D eigenvalue weighted by Crippen LogP contribution is 2.29. The number of carbonyl (C=O) groups is 1. The van der Waals surface area contributed by atoms with Gasteiger partial charge in [-0.25, -0.2) is 0 Å². The lowest BCUT2D eigenvalue weighted by molar-refractivity contribution is 0.0778. The number of amides is 1. The molecule has 1 unspecified atom stereocenters. The number of nitrogen functional groups attached to an aromatic ring is 1. The molecule has 1 fully saturated rings. The van der Waals surface area contributed by atoms with Gasteiger partial charge in [0.1, 0.15) is 5.69 Å². The number of nitrogens with two attached hydrogens (primary N) is 1. The van der Waals surface area contributed by atoms with Crippen molar-refractivity contribution >= 4 is 11.6 Å². The van der Waals surface area contributed by atoms with Crippen LogP contribution in [0.25, 0.3) is 0 Å². The van der Waals surface area contributed by atoms with E-state index >= 15 is 0 Å². The number of likely N-dealkylation sites (tertiary alicyclic amines) is 1. The summed E-state index contributed by atoms with van der Waals surface area (Å²) in [6.07, 6.45) is 2.52. The number of rotatable bonds is 3. The highest BCUT2D eigenvalue weighted by Gasteiger charge is 2.31. The summed E-state index contributed by atoms with van der Waals surface area (Å²) in [6.45, 7) is 5.98. The maximum absolute atomic E-state index is 12.6. The van der Waals surface area contributed by atoms with Crippen molar-refractivity contribution in [3.8, 4) is 0 Å². The predicted octanol–water partition coefficient (Wildman–Crippen LogP) is 1.15. The SMILES string of the molecule is CCn1nc(C)cc1C(=O)N1CCC(c2[nH]ncc2N)C1. The zero-order valence-electron chi connectivity index (χ0n) is 12.3. The quantitative estimate of drug-likeness (QED) is 0.886. The Hall–Kier alpha value is -2.31. The van der Waals surface area contributed by atoms with E-state index in [1.807, 2.05) is 24.8 Å². The maximum atomic E-state index is 12.6. The van der Waals surface area contributed by atoms with Crippen LogP contribution in [-0.4, -0.2) is 43.9 Å². The van der Waals surface area contributed by atoms with Crippen LogP contribution in [0, 0.1) is 6.92 Å². The number of aromatic nitrogens is 4. The Morgan fingerprint density at radius 2 is 2.38 bits per heavy atom. The van der Waals surface area contributed by atoms with Gasteiger partial charge in [0, 0.05) is 25.6 Å². The van der Waals surface area contributed by atoms with Crippen molar-refractivity contribution in [1.82, 2.24) is 24.9 Å². The summed E-state index contributed by atoms with van der Waals surface area (Å²) in [5.41, 5.74) is 9.03. The van der Waals surface area contributed by atoms with Crippen molar-refractivity contribution in [2.75, 3.05) is 18.8 Å². The molecule has 112 valence electrons. The standard InChI is InChI=1S/C14H20N6O/c1-3-20-12(6-9(2)18-20)14(21)19-5-4-10(8-19)13-11(15)7-16-17-13/h6-7,10H,3-5,8,15H2,1-2H3,(H,16,17). The van der Waals surface area contributed by atoms with Crippen LogP contribution in [-0.2, 0) is 6.54 Å². The maximum Gasteiger partial charge on any atom is 0.272 e. The van der Waals surface area contributed by atoms with Crippen molar-refractivity contribution in [2.24, 2.45) is 0 Å². The van der Waals surface area contributed by atoms with Gasteiger partial charge in [-0.15, -0.1) is 0 Å². The summed E-state index contributed by atoms with van der Waals surface area (Å²) >= 11 is 0.